The zero-order chi connectivity index (χ0) is 8.48. The lowest BCUT2D eigenvalue weighted by atomic mass is 10.5. The van der Waals surface area contributed by atoms with Crippen molar-refractivity contribution in [3.05, 3.63) is 23.5 Å². The van der Waals surface area contributed by atoms with E-state index in [1.807, 2.05) is 0 Å². The van der Waals surface area contributed by atoms with Crippen LogP contribution in [0.3, 0.4) is 0 Å². The van der Waals surface area contributed by atoms with E-state index in [4.69, 9.17) is 11.6 Å². The first-order valence-corrected chi connectivity index (χ1v) is 5.09. The monoisotopic (exact) mass is 191 g/mol. The summed E-state index contributed by atoms with van der Waals surface area (Å²) >= 11 is 5.46. The molecule has 0 aliphatic carbocycles. The van der Waals surface area contributed by atoms with Gasteiger partial charge in [0.2, 0.25) is 0 Å². The van der Waals surface area contributed by atoms with Gasteiger partial charge in [0.15, 0.2) is 9.84 Å². The largest absolute Gasteiger partial charge is 0.243 e. The Morgan fingerprint density at radius 1 is 1.45 bits per heavy atom. The first-order chi connectivity index (χ1) is 5.00. The van der Waals surface area contributed by atoms with Gasteiger partial charge in [-0.15, -0.1) is 0 Å². The van der Waals surface area contributed by atoms with E-state index in [-0.39, 0.29) is 10.0 Å². The molecule has 0 amide bonds. The highest BCUT2D eigenvalue weighted by molar-refractivity contribution is 7.90. The van der Waals surface area contributed by atoms with Crippen molar-refractivity contribution in [1.82, 2.24) is 4.98 Å². The van der Waals surface area contributed by atoms with Crippen molar-refractivity contribution in [1.29, 1.82) is 0 Å². The van der Waals surface area contributed by atoms with E-state index in [0.29, 0.717) is 0 Å². The van der Waals surface area contributed by atoms with Gasteiger partial charge in [-0.1, -0.05) is 11.6 Å². The molecule has 0 atom stereocenters. The Kier molecular flexibility index (Phi) is 2.15. The van der Waals surface area contributed by atoms with Crippen molar-refractivity contribution in [2.24, 2.45) is 0 Å². The van der Waals surface area contributed by atoms with Crippen LogP contribution < -0.4 is 0 Å². The average Bonchev–Trinajstić information content (AvgIpc) is 1.86. The normalized spacial score (nSPS) is 11.5. The second-order valence-electron chi connectivity index (χ2n) is 2.09. The van der Waals surface area contributed by atoms with E-state index in [9.17, 15) is 8.42 Å². The van der Waals surface area contributed by atoms with Gasteiger partial charge in [-0.25, -0.2) is 13.4 Å². The van der Waals surface area contributed by atoms with Gasteiger partial charge in [-0.3, -0.25) is 0 Å². The molecule has 0 spiro atoms. The van der Waals surface area contributed by atoms with Crippen molar-refractivity contribution in [2.75, 3.05) is 6.26 Å². The summed E-state index contributed by atoms with van der Waals surface area (Å²) in [6.45, 7) is 0. The van der Waals surface area contributed by atoms with E-state index in [0.717, 1.165) is 6.26 Å². The van der Waals surface area contributed by atoms with Crippen LogP contribution in [0.1, 0.15) is 0 Å². The van der Waals surface area contributed by atoms with Crippen molar-refractivity contribution in [2.45, 2.75) is 4.90 Å². The van der Waals surface area contributed by atoms with Crippen LogP contribution in [-0.4, -0.2) is 19.7 Å². The van der Waals surface area contributed by atoms with Crippen molar-refractivity contribution < 1.29 is 8.42 Å². The first-order valence-electron chi connectivity index (χ1n) is 2.82. The fourth-order valence-corrected chi connectivity index (χ4v) is 1.25. The summed E-state index contributed by atoms with van der Waals surface area (Å²) in [5, 5.41) is 0.289. The Labute approximate surface area is 69.9 Å². The van der Waals surface area contributed by atoms with Crippen LogP contribution in [-0.2, 0) is 9.84 Å². The van der Waals surface area contributed by atoms with Crippen LogP contribution in [0.25, 0.3) is 0 Å². The molecule has 0 aliphatic heterocycles. The minimum absolute atomic E-state index is 0.182. The summed E-state index contributed by atoms with van der Waals surface area (Å²) in [4.78, 5) is 3.81. The topological polar surface area (TPSA) is 47.0 Å². The van der Waals surface area contributed by atoms with E-state index < -0.39 is 9.84 Å². The predicted octanol–water partition coefficient (Wildman–Crippen LogP) is 1.14. The highest BCUT2D eigenvalue weighted by Gasteiger charge is 2.05. The van der Waals surface area contributed by atoms with Crippen LogP contribution in [0.5, 0.6) is 0 Å². The number of hydrogen-bond acceptors (Lipinski definition) is 3. The molecule has 0 radical (unpaired) electrons. The third kappa shape index (κ3) is 2.17. The van der Waals surface area contributed by atoms with Crippen LogP contribution in [0.2, 0.25) is 5.15 Å². The lowest BCUT2D eigenvalue weighted by molar-refractivity contribution is 0.601. The Bertz CT molecular complexity index is 343. The molecule has 1 aromatic heterocycles. The van der Waals surface area contributed by atoms with Gasteiger partial charge in [0.1, 0.15) is 5.15 Å². The molecule has 0 bridgehead atoms. The number of halogens is 1. The molecule has 5 heteroatoms. The second-order valence-corrected chi connectivity index (χ2v) is 4.49. The molecule has 1 aromatic rings. The highest BCUT2D eigenvalue weighted by atomic mass is 35.5. The molecule has 0 aromatic carbocycles. The Morgan fingerprint density at radius 2 is 2.09 bits per heavy atom. The molecule has 0 saturated carbocycles. The first kappa shape index (κ1) is 8.49. The van der Waals surface area contributed by atoms with Crippen LogP contribution >= 0.6 is 11.6 Å². The summed E-state index contributed by atoms with van der Waals surface area (Å²) in [6.07, 6.45) is 2.36. The van der Waals surface area contributed by atoms with Crippen LogP contribution in [0.15, 0.2) is 23.2 Å². The van der Waals surface area contributed by atoms with Gasteiger partial charge in [0, 0.05) is 12.5 Å². The molecular weight excluding hydrogens is 186 g/mol. The van der Waals surface area contributed by atoms with Crippen LogP contribution in [0, 0.1) is 0 Å². The molecule has 3 nitrogen and oxygen atoms in total. The molecular formula is C6H6ClNO2S. The number of pyridine rings is 1. The number of sulfone groups is 1. The Balaban J connectivity index is 3.20. The van der Waals surface area contributed by atoms with Crippen molar-refractivity contribution in [3.63, 3.8) is 0 Å². The highest BCUT2D eigenvalue weighted by Crippen LogP contribution is 2.09. The van der Waals surface area contributed by atoms with E-state index >= 15 is 0 Å². The van der Waals surface area contributed by atoms with Crippen molar-refractivity contribution >= 4 is 21.4 Å². The molecule has 1 heterocycles. The van der Waals surface area contributed by atoms with Gasteiger partial charge in [0.25, 0.3) is 0 Å². The number of hydrogen-bond donors (Lipinski definition) is 0. The van der Waals surface area contributed by atoms with Gasteiger partial charge >= 0.3 is 0 Å². The maximum absolute atomic E-state index is 10.9. The molecule has 0 fully saturated rings. The fourth-order valence-electron chi connectivity index (χ4n) is 0.582. The van der Waals surface area contributed by atoms with Gasteiger partial charge in [-0.05, 0) is 12.1 Å². The minimum atomic E-state index is -3.14. The third-order valence-corrected chi connectivity index (χ3v) is 2.45. The van der Waals surface area contributed by atoms with Gasteiger partial charge in [0.05, 0.1) is 4.90 Å². The zero-order valence-electron chi connectivity index (χ0n) is 5.78. The second kappa shape index (κ2) is 2.79. The number of nitrogens with zero attached hydrogens (tertiary/aromatic N) is 1. The smallest absolute Gasteiger partial charge is 0.177 e. The third-order valence-electron chi connectivity index (χ3n) is 1.13. The molecule has 1 rings (SSSR count). The van der Waals surface area contributed by atoms with Crippen LogP contribution in [0.4, 0.5) is 0 Å². The standard InChI is InChI=1S/C6H6ClNO2S/c1-11(9,10)5-2-3-6(7)8-4-5/h2-4H,1H3. The lowest BCUT2D eigenvalue weighted by Crippen LogP contribution is -1.96. The molecule has 0 N–H and O–H groups in total. The maximum Gasteiger partial charge on any atom is 0.177 e. The summed E-state index contributed by atoms with van der Waals surface area (Å²) < 4.78 is 21.7. The molecule has 0 saturated heterocycles. The maximum atomic E-state index is 10.9. The average molecular weight is 192 g/mol. The Hall–Kier alpha value is -0.610. The van der Waals surface area contributed by atoms with Crippen molar-refractivity contribution in [3.8, 4) is 0 Å². The molecule has 11 heavy (non-hydrogen) atoms. The molecule has 0 unspecified atom stereocenters. The Morgan fingerprint density at radius 3 is 2.45 bits per heavy atom. The van der Waals surface area contributed by atoms with Gasteiger partial charge in [-0.2, -0.15) is 0 Å². The fraction of sp³-hybridized carbons (Fsp3) is 0.167. The quantitative estimate of drug-likeness (QED) is 0.626. The zero-order valence-corrected chi connectivity index (χ0v) is 7.35. The number of aromatic nitrogens is 1. The SMILES string of the molecule is CS(=O)(=O)c1ccc(Cl)nc1. The van der Waals surface area contributed by atoms with E-state index in [1.54, 1.807) is 0 Å². The summed E-state index contributed by atoms with van der Waals surface area (Å²) in [5.41, 5.74) is 0. The van der Waals surface area contributed by atoms with E-state index in [1.165, 1.54) is 18.3 Å². The summed E-state index contributed by atoms with van der Waals surface area (Å²) in [7, 11) is -3.14. The molecule has 60 valence electrons. The summed E-state index contributed by atoms with van der Waals surface area (Å²) in [5.74, 6) is 0. The number of rotatable bonds is 1. The van der Waals surface area contributed by atoms with E-state index in [2.05, 4.69) is 4.98 Å². The van der Waals surface area contributed by atoms with Gasteiger partial charge < -0.3 is 0 Å². The lowest BCUT2D eigenvalue weighted by Gasteiger charge is -1.95. The molecule has 0 aliphatic rings. The minimum Gasteiger partial charge on any atom is -0.243 e. The predicted molar refractivity (Wildman–Crippen MR) is 42.4 cm³/mol. The summed E-state index contributed by atoms with van der Waals surface area (Å²) in [6, 6.07) is 2.86.